The zero-order valence-electron chi connectivity index (χ0n) is 11.4. The highest BCUT2D eigenvalue weighted by atomic mass is 127. The molecule has 2 aromatic rings. The molecule has 0 aliphatic rings. The van der Waals surface area contributed by atoms with Crippen LogP contribution < -0.4 is 4.74 Å². The summed E-state index contributed by atoms with van der Waals surface area (Å²) in [5.74, 6) is 0.907. The summed E-state index contributed by atoms with van der Waals surface area (Å²) in [6.07, 6.45) is 1.84. The highest BCUT2D eigenvalue weighted by Gasteiger charge is 2.01. The summed E-state index contributed by atoms with van der Waals surface area (Å²) in [5.41, 5.74) is 3.03. The van der Waals surface area contributed by atoms with E-state index in [4.69, 9.17) is 16.3 Å². The van der Waals surface area contributed by atoms with E-state index in [-0.39, 0.29) is 0 Å². The first-order valence-corrected chi connectivity index (χ1v) is 7.78. The fourth-order valence-electron chi connectivity index (χ4n) is 1.74. The Hall–Kier alpha value is -1.07. The van der Waals surface area contributed by atoms with Crippen molar-refractivity contribution in [3.8, 4) is 5.75 Å². The highest BCUT2D eigenvalue weighted by molar-refractivity contribution is 14.1. The maximum Gasteiger partial charge on any atom is 0.132 e. The Labute approximate surface area is 138 Å². The van der Waals surface area contributed by atoms with Crippen molar-refractivity contribution in [2.75, 3.05) is 6.61 Å². The quantitative estimate of drug-likeness (QED) is 0.498. The normalized spacial score (nSPS) is 11.0. The number of ether oxygens (including phenoxy) is 1. The molecule has 2 rings (SSSR count). The van der Waals surface area contributed by atoms with E-state index in [1.807, 2.05) is 50.4 Å². The molecule has 0 bridgehead atoms. The standard InChI is InChI=1S/C16H15ClINO/c1-3-20-16-7-5-12(8-14(16)18)10-19-15-9-13(17)6-4-11(15)2/h4-10H,3H2,1-2H3. The smallest absolute Gasteiger partial charge is 0.132 e. The van der Waals surface area contributed by atoms with Gasteiger partial charge in [0.1, 0.15) is 5.75 Å². The van der Waals surface area contributed by atoms with E-state index in [0.717, 1.165) is 26.1 Å². The summed E-state index contributed by atoms with van der Waals surface area (Å²) in [6.45, 7) is 4.67. The van der Waals surface area contributed by atoms with Gasteiger partial charge in [0, 0.05) is 11.2 Å². The molecule has 4 heteroatoms. The second kappa shape index (κ2) is 7.09. The molecule has 0 aromatic heterocycles. The molecule has 0 unspecified atom stereocenters. The number of rotatable bonds is 4. The van der Waals surface area contributed by atoms with Crippen molar-refractivity contribution in [3.05, 3.63) is 56.1 Å². The fourth-order valence-corrected chi connectivity index (χ4v) is 2.60. The van der Waals surface area contributed by atoms with Crippen LogP contribution in [0.3, 0.4) is 0 Å². The van der Waals surface area contributed by atoms with Crippen LogP contribution in [0.4, 0.5) is 5.69 Å². The van der Waals surface area contributed by atoms with E-state index in [2.05, 4.69) is 33.6 Å². The molecule has 0 spiro atoms. The molecule has 0 aliphatic heterocycles. The van der Waals surface area contributed by atoms with E-state index in [9.17, 15) is 0 Å². The van der Waals surface area contributed by atoms with Gasteiger partial charge in [-0.15, -0.1) is 0 Å². The Morgan fingerprint density at radius 1 is 1.25 bits per heavy atom. The highest BCUT2D eigenvalue weighted by Crippen LogP contribution is 2.24. The third-order valence-electron chi connectivity index (χ3n) is 2.78. The van der Waals surface area contributed by atoms with Crippen molar-refractivity contribution in [2.45, 2.75) is 13.8 Å². The minimum absolute atomic E-state index is 0.672. The first-order valence-electron chi connectivity index (χ1n) is 6.32. The number of aryl methyl sites for hydroxylation is 1. The lowest BCUT2D eigenvalue weighted by Gasteiger charge is -2.06. The monoisotopic (exact) mass is 399 g/mol. The molecule has 0 heterocycles. The van der Waals surface area contributed by atoms with Gasteiger partial charge in [-0.2, -0.15) is 0 Å². The molecule has 0 N–H and O–H groups in total. The van der Waals surface area contributed by atoms with Crippen LogP contribution in [0.1, 0.15) is 18.1 Å². The summed E-state index contributed by atoms with van der Waals surface area (Å²) in [5, 5.41) is 0.698. The average Bonchev–Trinajstić information content (AvgIpc) is 2.43. The van der Waals surface area contributed by atoms with Gasteiger partial charge < -0.3 is 4.74 Å². The molecular formula is C16H15ClINO. The molecule has 0 radical (unpaired) electrons. The third kappa shape index (κ3) is 3.96. The average molecular weight is 400 g/mol. The van der Waals surface area contributed by atoms with E-state index < -0.39 is 0 Å². The molecule has 0 atom stereocenters. The van der Waals surface area contributed by atoms with Gasteiger partial charge in [0.25, 0.3) is 0 Å². The van der Waals surface area contributed by atoms with Gasteiger partial charge in [0.15, 0.2) is 0 Å². The van der Waals surface area contributed by atoms with Gasteiger partial charge >= 0.3 is 0 Å². The van der Waals surface area contributed by atoms with Crippen molar-refractivity contribution in [2.24, 2.45) is 4.99 Å². The van der Waals surface area contributed by atoms with Gasteiger partial charge in [0.05, 0.1) is 15.9 Å². The summed E-state index contributed by atoms with van der Waals surface area (Å²) in [7, 11) is 0. The number of hydrogen-bond donors (Lipinski definition) is 0. The second-order valence-corrected chi connectivity index (χ2v) is 5.91. The molecule has 0 saturated carbocycles. The lowest BCUT2D eigenvalue weighted by atomic mass is 10.2. The first-order chi connectivity index (χ1) is 9.60. The predicted molar refractivity (Wildman–Crippen MR) is 93.8 cm³/mol. The zero-order chi connectivity index (χ0) is 14.5. The largest absolute Gasteiger partial charge is 0.493 e. The van der Waals surface area contributed by atoms with Gasteiger partial charge in [-0.05, 0) is 77.9 Å². The Balaban J connectivity index is 2.23. The lowest BCUT2D eigenvalue weighted by Crippen LogP contribution is -1.94. The van der Waals surface area contributed by atoms with Gasteiger partial charge in [-0.25, -0.2) is 0 Å². The number of benzene rings is 2. The summed E-state index contributed by atoms with van der Waals surface area (Å²) in [4.78, 5) is 4.50. The Morgan fingerprint density at radius 3 is 2.75 bits per heavy atom. The van der Waals surface area contributed by atoms with Crippen molar-refractivity contribution in [3.63, 3.8) is 0 Å². The van der Waals surface area contributed by atoms with E-state index >= 15 is 0 Å². The maximum absolute atomic E-state index is 5.99. The maximum atomic E-state index is 5.99. The van der Waals surface area contributed by atoms with Crippen molar-refractivity contribution in [1.82, 2.24) is 0 Å². The summed E-state index contributed by atoms with van der Waals surface area (Å²) >= 11 is 8.26. The Morgan fingerprint density at radius 2 is 2.05 bits per heavy atom. The predicted octanol–water partition coefficient (Wildman–Crippen LogP) is 5.40. The summed E-state index contributed by atoms with van der Waals surface area (Å²) in [6, 6.07) is 11.7. The minimum Gasteiger partial charge on any atom is -0.493 e. The summed E-state index contributed by atoms with van der Waals surface area (Å²) < 4.78 is 6.60. The van der Waals surface area contributed by atoms with Crippen LogP contribution in [0.5, 0.6) is 5.75 Å². The number of halogens is 2. The Kier molecular flexibility index (Phi) is 5.43. The van der Waals surface area contributed by atoms with Crippen molar-refractivity contribution in [1.29, 1.82) is 0 Å². The van der Waals surface area contributed by atoms with Gasteiger partial charge in [0.2, 0.25) is 0 Å². The molecule has 0 amide bonds. The zero-order valence-corrected chi connectivity index (χ0v) is 14.3. The topological polar surface area (TPSA) is 21.6 Å². The van der Waals surface area contributed by atoms with E-state index in [1.165, 1.54) is 0 Å². The molecule has 20 heavy (non-hydrogen) atoms. The van der Waals surface area contributed by atoms with Gasteiger partial charge in [-0.3, -0.25) is 4.99 Å². The molecular weight excluding hydrogens is 385 g/mol. The number of nitrogens with zero attached hydrogens (tertiary/aromatic N) is 1. The molecule has 0 saturated heterocycles. The molecule has 0 fully saturated rings. The van der Waals surface area contributed by atoms with Gasteiger partial charge in [-0.1, -0.05) is 17.7 Å². The van der Waals surface area contributed by atoms with Crippen molar-refractivity contribution >= 4 is 46.1 Å². The SMILES string of the molecule is CCOc1ccc(C=Nc2cc(Cl)ccc2C)cc1I. The lowest BCUT2D eigenvalue weighted by molar-refractivity contribution is 0.338. The molecule has 104 valence electrons. The van der Waals surface area contributed by atoms with Crippen LogP contribution in [-0.2, 0) is 0 Å². The third-order valence-corrected chi connectivity index (χ3v) is 3.86. The first kappa shape index (κ1) is 15.3. The Bertz CT molecular complexity index is 640. The van der Waals surface area contributed by atoms with Crippen LogP contribution in [0.15, 0.2) is 41.4 Å². The van der Waals surface area contributed by atoms with Crippen molar-refractivity contribution < 1.29 is 4.74 Å². The van der Waals surface area contributed by atoms with Crippen LogP contribution in [0, 0.1) is 10.5 Å². The minimum atomic E-state index is 0.672. The number of hydrogen-bond acceptors (Lipinski definition) is 2. The van der Waals surface area contributed by atoms with E-state index in [1.54, 1.807) is 0 Å². The second-order valence-electron chi connectivity index (χ2n) is 4.31. The molecule has 2 aromatic carbocycles. The molecule has 0 aliphatic carbocycles. The van der Waals surface area contributed by atoms with E-state index in [0.29, 0.717) is 11.6 Å². The van der Waals surface area contributed by atoms with Crippen LogP contribution in [0.2, 0.25) is 5.02 Å². The fraction of sp³-hybridized carbons (Fsp3) is 0.188. The van der Waals surface area contributed by atoms with Crippen LogP contribution >= 0.6 is 34.2 Å². The molecule has 2 nitrogen and oxygen atoms in total. The van der Waals surface area contributed by atoms with Crippen LogP contribution in [-0.4, -0.2) is 12.8 Å². The van der Waals surface area contributed by atoms with Crippen LogP contribution in [0.25, 0.3) is 0 Å². The number of aliphatic imine (C=N–C) groups is 1.